The lowest BCUT2D eigenvalue weighted by Crippen LogP contribution is -2.04. The largest absolute Gasteiger partial charge is 0.495 e. The molecule has 2 N–H and O–H groups in total. The van der Waals surface area contributed by atoms with Crippen molar-refractivity contribution in [1.82, 2.24) is 0 Å². The zero-order chi connectivity index (χ0) is 13.1. The molecular weight excluding hydrogens is 236 g/mol. The van der Waals surface area contributed by atoms with Crippen LogP contribution >= 0.6 is 0 Å². The van der Waals surface area contributed by atoms with E-state index < -0.39 is 0 Å². The van der Waals surface area contributed by atoms with Crippen molar-refractivity contribution >= 4 is 11.4 Å². The number of ether oxygens (including phenoxy) is 1. The van der Waals surface area contributed by atoms with Crippen molar-refractivity contribution in [3.05, 3.63) is 53.6 Å². The minimum atomic E-state index is 0.802. The molecule has 0 saturated carbocycles. The van der Waals surface area contributed by atoms with Crippen LogP contribution < -0.4 is 15.4 Å². The van der Waals surface area contributed by atoms with Crippen molar-refractivity contribution in [1.29, 1.82) is 0 Å². The number of hydrogen-bond acceptors (Lipinski definition) is 3. The van der Waals surface area contributed by atoms with Gasteiger partial charge in [-0.2, -0.15) is 0 Å². The lowest BCUT2D eigenvalue weighted by molar-refractivity contribution is 0.416. The van der Waals surface area contributed by atoms with Gasteiger partial charge in [-0.05, 0) is 29.7 Å². The Hall–Kier alpha value is -2.16. The molecule has 0 unspecified atom stereocenters. The highest BCUT2D eigenvalue weighted by atomic mass is 16.5. The SMILES string of the molecule is COc1ccccc1NCc1cccc2c1NCC2. The van der Waals surface area contributed by atoms with Gasteiger partial charge in [-0.1, -0.05) is 30.3 Å². The minimum absolute atomic E-state index is 0.802. The van der Waals surface area contributed by atoms with Crippen LogP contribution in [0.15, 0.2) is 42.5 Å². The van der Waals surface area contributed by atoms with Gasteiger partial charge in [-0.3, -0.25) is 0 Å². The maximum atomic E-state index is 5.35. The molecule has 1 heterocycles. The average molecular weight is 254 g/mol. The van der Waals surface area contributed by atoms with E-state index in [1.165, 1.54) is 16.8 Å². The predicted octanol–water partition coefficient (Wildman–Crippen LogP) is 3.28. The van der Waals surface area contributed by atoms with Gasteiger partial charge in [0, 0.05) is 18.8 Å². The summed E-state index contributed by atoms with van der Waals surface area (Å²) in [6.07, 6.45) is 1.12. The molecule has 0 fully saturated rings. The summed E-state index contributed by atoms with van der Waals surface area (Å²) in [5, 5.41) is 6.91. The van der Waals surface area contributed by atoms with Crippen molar-refractivity contribution < 1.29 is 4.74 Å². The van der Waals surface area contributed by atoms with Gasteiger partial charge >= 0.3 is 0 Å². The quantitative estimate of drug-likeness (QED) is 0.878. The molecule has 1 aliphatic rings. The van der Waals surface area contributed by atoms with E-state index in [1.54, 1.807) is 7.11 Å². The number of nitrogens with one attached hydrogen (secondary N) is 2. The fourth-order valence-corrected chi connectivity index (χ4v) is 2.54. The van der Waals surface area contributed by atoms with Crippen LogP contribution in [0.1, 0.15) is 11.1 Å². The average Bonchev–Trinajstić information content (AvgIpc) is 2.94. The summed E-state index contributed by atoms with van der Waals surface area (Å²) in [5.41, 5.74) is 5.05. The number of rotatable bonds is 4. The molecular formula is C16H18N2O. The molecule has 0 amide bonds. The van der Waals surface area contributed by atoms with Crippen molar-refractivity contribution in [2.45, 2.75) is 13.0 Å². The number of anilines is 2. The van der Waals surface area contributed by atoms with Gasteiger partial charge in [0.25, 0.3) is 0 Å². The maximum absolute atomic E-state index is 5.35. The zero-order valence-corrected chi connectivity index (χ0v) is 11.1. The van der Waals surface area contributed by atoms with Gasteiger partial charge in [0.2, 0.25) is 0 Å². The molecule has 0 saturated heterocycles. The molecule has 0 radical (unpaired) electrons. The highest BCUT2D eigenvalue weighted by Gasteiger charge is 2.13. The Balaban J connectivity index is 1.78. The Morgan fingerprint density at radius 3 is 2.95 bits per heavy atom. The third-order valence-corrected chi connectivity index (χ3v) is 3.51. The van der Waals surface area contributed by atoms with E-state index in [4.69, 9.17) is 4.74 Å². The van der Waals surface area contributed by atoms with Crippen LogP contribution in [0, 0.1) is 0 Å². The molecule has 1 aliphatic heterocycles. The summed E-state index contributed by atoms with van der Waals surface area (Å²) < 4.78 is 5.35. The van der Waals surface area contributed by atoms with Crippen LogP contribution in [-0.2, 0) is 13.0 Å². The van der Waals surface area contributed by atoms with Crippen LogP contribution in [0.25, 0.3) is 0 Å². The molecule has 98 valence electrons. The van der Waals surface area contributed by atoms with E-state index in [2.05, 4.69) is 28.8 Å². The summed E-state index contributed by atoms with van der Waals surface area (Å²) in [6.45, 7) is 1.84. The second-order valence-corrected chi connectivity index (χ2v) is 4.68. The highest BCUT2D eigenvalue weighted by Crippen LogP contribution is 2.28. The molecule has 0 bridgehead atoms. The Labute approximate surface area is 113 Å². The van der Waals surface area contributed by atoms with Gasteiger partial charge in [-0.15, -0.1) is 0 Å². The summed E-state index contributed by atoms with van der Waals surface area (Å²) in [7, 11) is 1.70. The number of benzene rings is 2. The summed E-state index contributed by atoms with van der Waals surface area (Å²) in [4.78, 5) is 0. The molecule has 0 atom stereocenters. The second-order valence-electron chi connectivity index (χ2n) is 4.68. The van der Waals surface area contributed by atoms with Gasteiger partial charge < -0.3 is 15.4 Å². The summed E-state index contributed by atoms with van der Waals surface area (Å²) in [5.74, 6) is 0.878. The molecule has 0 aromatic heterocycles. The standard InChI is InChI=1S/C16H18N2O/c1-19-15-8-3-2-7-14(15)18-11-13-6-4-5-12-9-10-17-16(12)13/h2-8,17-18H,9-11H2,1H3. The number of para-hydroxylation sites is 3. The number of fused-ring (bicyclic) bond motifs is 1. The van der Waals surface area contributed by atoms with Gasteiger partial charge in [0.15, 0.2) is 0 Å². The van der Waals surface area contributed by atoms with Crippen molar-refractivity contribution in [2.24, 2.45) is 0 Å². The van der Waals surface area contributed by atoms with Crippen LogP contribution in [0.2, 0.25) is 0 Å². The molecule has 3 rings (SSSR count). The first-order chi connectivity index (χ1) is 9.38. The van der Waals surface area contributed by atoms with E-state index in [-0.39, 0.29) is 0 Å². The van der Waals surface area contributed by atoms with Crippen LogP contribution in [0.3, 0.4) is 0 Å². The lowest BCUT2D eigenvalue weighted by atomic mass is 10.1. The third kappa shape index (κ3) is 2.36. The van der Waals surface area contributed by atoms with E-state index in [9.17, 15) is 0 Å². The Kier molecular flexibility index (Phi) is 3.27. The Bertz CT molecular complexity index is 581. The first-order valence-electron chi connectivity index (χ1n) is 6.60. The Morgan fingerprint density at radius 1 is 1.16 bits per heavy atom. The molecule has 3 heteroatoms. The van der Waals surface area contributed by atoms with Gasteiger partial charge in [-0.25, -0.2) is 0 Å². The molecule has 0 aliphatic carbocycles. The van der Waals surface area contributed by atoms with E-state index in [1.807, 2.05) is 24.3 Å². The van der Waals surface area contributed by atoms with E-state index in [0.29, 0.717) is 0 Å². The van der Waals surface area contributed by atoms with Gasteiger partial charge in [0.05, 0.1) is 12.8 Å². The van der Waals surface area contributed by atoms with E-state index >= 15 is 0 Å². The summed E-state index contributed by atoms with van der Waals surface area (Å²) in [6, 6.07) is 14.5. The Morgan fingerprint density at radius 2 is 2.05 bits per heavy atom. The van der Waals surface area contributed by atoms with Crippen molar-refractivity contribution in [2.75, 3.05) is 24.3 Å². The second kappa shape index (κ2) is 5.22. The fraction of sp³-hybridized carbons (Fsp3) is 0.250. The number of methoxy groups -OCH3 is 1. The van der Waals surface area contributed by atoms with Crippen LogP contribution in [-0.4, -0.2) is 13.7 Å². The zero-order valence-electron chi connectivity index (χ0n) is 11.1. The maximum Gasteiger partial charge on any atom is 0.141 e. The lowest BCUT2D eigenvalue weighted by Gasteiger charge is -2.13. The van der Waals surface area contributed by atoms with Crippen molar-refractivity contribution in [3.63, 3.8) is 0 Å². The predicted molar refractivity (Wildman–Crippen MR) is 79.0 cm³/mol. The first-order valence-corrected chi connectivity index (χ1v) is 6.60. The highest BCUT2D eigenvalue weighted by molar-refractivity contribution is 5.63. The topological polar surface area (TPSA) is 33.3 Å². The van der Waals surface area contributed by atoms with Gasteiger partial charge in [0.1, 0.15) is 5.75 Å². The van der Waals surface area contributed by atoms with Crippen LogP contribution in [0.5, 0.6) is 5.75 Å². The monoisotopic (exact) mass is 254 g/mol. The molecule has 19 heavy (non-hydrogen) atoms. The van der Waals surface area contributed by atoms with E-state index in [0.717, 1.165) is 30.9 Å². The van der Waals surface area contributed by atoms with Crippen molar-refractivity contribution in [3.8, 4) is 5.75 Å². The first kappa shape index (κ1) is 11.9. The molecule has 2 aromatic rings. The molecule has 0 spiro atoms. The fourth-order valence-electron chi connectivity index (χ4n) is 2.54. The van der Waals surface area contributed by atoms with Crippen LogP contribution in [0.4, 0.5) is 11.4 Å². The minimum Gasteiger partial charge on any atom is -0.495 e. The molecule has 2 aromatic carbocycles. The molecule has 3 nitrogen and oxygen atoms in total. The normalized spacial score (nSPS) is 12.7. The number of hydrogen-bond donors (Lipinski definition) is 2. The smallest absolute Gasteiger partial charge is 0.141 e. The third-order valence-electron chi connectivity index (χ3n) is 3.51. The summed E-state index contributed by atoms with van der Waals surface area (Å²) >= 11 is 0.